The molecule has 1 atom stereocenters. The summed E-state index contributed by atoms with van der Waals surface area (Å²) in [6, 6.07) is 11.6. The number of carbonyl (C=O) groups excluding carboxylic acids is 1. The van der Waals surface area contributed by atoms with Gasteiger partial charge in [-0.15, -0.1) is 0 Å². The van der Waals surface area contributed by atoms with Gasteiger partial charge in [0.1, 0.15) is 5.75 Å². The lowest BCUT2D eigenvalue weighted by Crippen LogP contribution is -2.32. The molecule has 0 N–H and O–H groups in total. The fourth-order valence-electron chi connectivity index (χ4n) is 2.84. The Morgan fingerprint density at radius 3 is 2.52 bits per heavy atom. The Kier molecular flexibility index (Phi) is 6.97. The molecule has 0 aromatic heterocycles. The van der Waals surface area contributed by atoms with Crippen molar-refractivity contribution >= 4 is 38.5 Å². The van der Waals surface area contributed by atoms with Crippen LogP contribution in [-0.4, -0.2) is 61.2 Å². The molecule has 0 radical (unpaired) electrons. The van der Waals surface area contributed by atoms with Gasteiger partial charge in [0.25, 0.3) is 5.91 Å². The molecule has 1 heterocycles. The number of hydrogen-bond donors (Lipinski definition) is 0. The molecule has 1 saturated heterocycles. The maximum atomic E-state index is 13.0. The first-order chi connectivity index (χ1) is 14.6. The summed E-state index contributed by atoms with van der Waals surface area (Å²) in [6.07, 6.45) is 0. The van der Waals surface area contributed by atoms with Crippen LogP contribution in [0, 0.1) is 0 Å². The first-order valence-electron chi connectivity index (χ1n) is 9.22. The van der Waals surface area contributed by atoms with Crippen molar-refractivity contribution < 1.29 is 26.7 Å². The van der Waals surface area contributed by atoms with Gasteiger partial charge >= 0.3 is 6.61 Å². The van der Waals surface area contributed by atoms with Crippen molar-refractivity contribution in [3.05, 3.63) is 54.1 Å². The van der Waals surface area contributed by atoms with Gasteiger partial charge in [-0.2, -0.15) is 8.78 Å². The number of sulfonamides is 1. The smallest absolute Gasteiger partial charge is 0.387 e. The number of halogens is 2. The van der Waals surface area contributed by atoms with Gasteiger partial charge in [-0.3, -0.25) is 9.69 Å². The zero-order valence-corrected chi connectivity index (χ0v) is 18.7. The molecule has 31 heavy (non-hydrogen) atoms. The lowest BCUT2D eigenvalue weighted by Gasteiger charge is -2.17. The van der Waals surface area contributed by atoms with Crippen LogP contribution in [0.1, 0.15) is 17.3 Å². The minimum absolute atomic E-state index is 0.0384. The molecule has 11 heteroatoms. The summed E-state index contributed by atoms with van der Waals surface area (Å²) < 4.78 is 54.8. The van der Waals surface area contributed by atoms with E-state index in [4.69, 9.17) is 0 Å². The standard InChI is InChI=1S/C20H21F2N3O4S2/c1-13-12-25(18(26)14-7-9-16(10-8-14)29-19(21)22)20(30-13)23-15-5-4-6-17(11-15)31(27,28)24(2)3/h4-11,13,19H,12H2,1-3H3/t13-/m0/s1. The third kappa shape index (κ3) is 5.41. The van der Waals surface area contributed by atoms with Gasteiger partial charge < -0.3 is 4.74 Å². The number of nitrogens with zero attached hydrogens (tertiary/aromatic N) is 3. The highest BCUT2D eigenvalue weighted by Crippen LogP contribution is 2.30. The van der Waals surface area contributed by atoms with Crippen molar-refractivity contribution in [3.8, 4) is 5.75 Å². The molecule has 0 unspecified atom stereocenters. The van der Waals surface area contributed by atoms with Crippen molar-refractivity contribution in [1.29, 1.82) is 0 Å². The molecule has 1 fully saturated rings. The van der Waals surface area contributed by atoms with Crippen molar-refractivity contribution in [2.45, 2.75) is 23.7 Å². The third-order valence-corrected chi connectivity index (χ3v) is 7.25. The Balaban J connectivity index is 1.88. The quantitative estimate of drug-likeness (QED) is 0.643. The molecule has 3 rings (SSSR count). The van der Waals surface area contributed by atoms with E-state index in [9.17, 15) is 22.0 Å². The third-order valence-electron chi connectivity index (χ3n) is 4.37. The van der Waals surface area contributed by atoms with E-state index in [1.807, 2.05) is 6.92 Å². The molecule has 0 aliphatic carbocycles. The van der Waals surface area contributed by atoms with E-state index >= 15 is 0 Å². The number of carbonyl (C=O) groups is 1. The fraction of sp³-hybridized carbons (Fsp3) is 0.300. The van der Waals surface area contributed by atoms with Crippen LogP contribution in [-0.2, 0) is 10.0 Å². The van der Waals surface area contributed by atoms with Crippen LogP contribution in [0.2, 0.25) is 0 Å². The number of rotatable bonds is 6. The first-order valence-corrected chi connectivity index (χ1v) is 11.5. The maximum Gasteiger partial charge on any atom is 0.387 e. The van der Waals surface area contributed by atoms with Gasteiger partial charge in [0.15, 0.2) is 5.17 Å². The number of benzene rings is 2. The summed E-state index contributed by atoms with van der Waals surface area (Å²) in [5.41, 5.74) is 0.700. The first kappa shape index (κ1) is 23.2. The zero-order valence-electron chi connectivity index (χ0n) is 17.0. The average molecular weight is 470 g/mol. The van der Waals surface area contributed by atoms with Gasteiger partial charge in [-0.1, -0.05) is 24.8 Å². The second kappa shape index (κ2) is 9.33. The van der Waals surface area contributed by atoms with Gasteiger partial charge in [0.05, 0.1) is 10.6 Å². The van der Waals surface area contributed by atoms with Crippen LogP contribution in [0.4, 0.5) is 14.5 Å². The molecule has 0 spiro atoms. The largest absolute Gasteiger partial charge is 0.435 e. The maximum absolute atomic E-state index is 13.0. The van der Waals surface area contributed by atoms with Gasteiger partial charge in [-0.25, -0.2) is 17.7 Å². The normalized spacial score (nSPS) is 18.2. The molecular formula is C20H21F2N3O4S2. The minimum Gasteiger partial charge on any atom is -0.435 e. The van der Waals surface area contributed by atoms with E-state index in [1.54, 1.807) is 12.1 Å². The number of aliphatic imine (C=N–C) groups is 1. The van der Waals surface area contributed by atoms with Crippen molar-refractivity contribution in [2.75, 3.05) is 20.6 Å². The van der Waals surface area contributed by atoms with E-state index in [1.165, 1.54) is 67.2 Å². The zero-order chi connectivity index (χ0) is 22.8. The number of amides is 1. The fourth-order valence-corrected chi connectivity index (χ4v) is 4.81. The van der Waals surface area contributed by atoms with Gasteiger partial charge in [0, 0.05) is 31.5 Å². The van der Waals surface area contributed by atoms with E-state index in [0.717, 1.165) is 4.31 Å². The molecule has 2 aromatic rings. The van der Waals surface area contributed by atoms with Crippen molar-refractivity contribution in [3.63, 3.8) is 0 Å². The highest BCUT2D eigenvalue weighted by molar-refractivity contribution is 8.14. The van der Waals surface area contributed by atoms with Crippen LogP contribution in [0.3, 0.4) is 0 Å². The Morgan fingerprint density at radius 2 is 1.90 bits per heavy atom. The van der Waals surface area contributed by atoms with E-state index in [2.05, 4.69) is 9.73 Å². The summed E-state index contributed by atoms with van der Waals surface area (Å²) in [6.45, 7) is -0.587. The molecule has 166 valence electrons. The molecule has 7 nitrogen and oxygen atoms in total. The summed E-state index contributed by atoms with van der Waals surface area (Å²) in [7, 11) is -0.728. The van der Waals surface area contributed by atoms with Crippen LogP contribution in [0.15, 0.2) is 58.4 Å². The average Bonchev–Trinajstić information content (AvgIpc) is 3.07. The number of thioether (sulfide) groups is 1. The Morgan fingerprint density at radius 1 is 1.23 bits per heavy atom. The molecular weight excluding hydrogens is 448 g/mol. The monoisotopic (exact) mass is 469 g/mol. The topological polar surface area (TPSA) is 79.3 Å². The predicted octanol–water partition coefficient (Wildman–Crippen LogP) is 3.80. The number of ether oxygens (including phenoxy) is 1. The SMILES string of the molecule is C[C@H]1CN(C(=O)c2ccc(OC(F)F)cc2)C(=Nc2cccc(S(=O)(=O)N(C)C)c2)S1. The Bertz CT molecular complexity index is 1090. The second-order valence-corrected chi connectivity index (χ2v) is 10.5. The summed E-state index contributed by atoms with van der Waals surface area (Å²) >= 11 is 1.39. The van der Waals surface area contributed by atoms with Crippen molar-refractivity contribution in [1.82, 2.24) is 9.21 Å². The highest BCUT2D eigenvalue weighted by atomic mass is 32.2. The number of amidine groups is 1. The lowest BCUT2D eigenvalue weighted by molar-refractivity contribution is -0.0498. The Labute approximate surface area is 183 Å². The molecule has 2 aromatic carbocycles. The van der Waals surface area contributed by atoms with Gasteiger partial charge in [-0.05, 0) is 42.5 Å². The van der Waals surface area contributed by atoms with Crippen LogP contribution in [0.25, 0.3) is 0 Å². The molecule has 1 aliphatic heterocycles. The minimum atomic E-state index is -3.62. The number of alkyl halides is 2. The predicted molar refractivity (Wildman–Crippen MR) is 116 cm³/mol. The highest BCUT2D eigenvalue weighted by Gasteiger charge is 2.31. The van der Waals surface area contributed by atoms with Crippen LogP contribution in [0.5, 0.6) is 5.75 Å². The molecule has 0 saturated carbocycles. The van der Waals surface area contributed by atoms with E-state index < -0.39 is 16.6 Å². The molecule has 0 bridgehead atoms. The van der Waals surface area contributed by atoms with Crippen molar-refractivity contribution in [2.24, 2.45) is 4.99 Å². The van der Waals surface area contributed by atoms with Crippen LogP contribution >= 0.6 is 11.8 Å². The summed E-state index contributed by atoms with van der Waals surface area (Å²) in [5, 5.41) is 0.516. The van der Waals surface area contributed by atoms with Crippen LogP contribution < -0.4 is 4.74 Å². The summed E-state index contributed by atoms with van der Waals surface area (Å²) in [4.78, 5) is 19.1. The molecule has 1 amide bonds. The van der Waals surface area contributed by atoms with E-state index in [0.29, 0.717) is 23.0 Å². The summed E-state index contributed by atoms with van der Waals surface area (Å²) in [5.74, 6) is -0.375. The number of hydrogen-bond acceptors (Lipinski definition) is 6. The van der Waals surface area contributed by atoms with Gasteiger partial charge in [0.2, 0.25) is 10.0 Å². The second-order valence-electron chi connectivity index (χ2n) is 6.93. The molecule has 1 aliphatic rings. The Hall–Kier alpha value is -2.50. The lowest BCUT2D eigenvalue weighted by atomic mass is 10.2. The van der Waals surface area contributed by atoms with E-state index in [-0.39, 0.29) is 21.8 Å².